The van der Waals surface area contributed by atoms with Crippen molar-refractivity contribution in [3.63, 3.8) is 0 Å². The summed E-state index contributed by atoms with van der Waals surface area (Å²) in [5, 5.41) is 2.81. The van der Waals surface area contributed by atoms with Crippen LogP contribution in [0.1, 0.15) is 6.92 Å². The van der Waals surface area contributed by atoms with Gasteiger partial charge in [-0.15, -0.1) is 0 Å². The summed E-state index contributed by atoms with van der Waals surface area (Å²) >= 11 is 0. The van der Waals surface area contributed by atoms with Crippen molar-refractivity contribution in [1.29, 1.82) is 0 Å². The molecule has 114 valence electrons. The standard InChI is InChI=1S/C18H23N3Si/c1-6-19-13-7-9-15-17(11-13)22(4,5)18-12-14(21(2)3)8-10-16(18)20-15/h7-12H,6H2,1-5H3/b19-13-. The predicted octanol–water partition coefficient (Wildman–Crippen LogP) is 3.25. The number of nitrogens with zero attached hydrogens (tertiary/aromatic N) is 3. The minimum atomic E-state index is -1.75. The van der Waals surface area contributed by atoms with E-state index in [0.29, 0.717) is 0 Å². The summed E-state index contributed by atoms with van der Waals surface area (Å²) in [6.45, 7) is 7.72. The molecule has 0 saturated heterocycles. The molecule has 0 amide bonds. The van der Waals surface area contributed by atoms with Crippen molar-refractivity contribution in [3.8, 4) is 0 Å². The minimum Gasteiger partial charge on any atom is -0.378 e. The van der Waals surface area contributed by atoms with E-state index in [4.69, 9.17) is 4.99 Å². The molecule has 4 heteroatoms. The zero-order chi connectivity index (χ0) is 15.9. The summed E-state index contributed by atoms with van der Waals surface area (Å²) in [7, 11) is 2.42. The van der Waals surface area contributed by atoms with E-state index in [-0.39, 0.29) is 0 Å². The van der Waals surface area contributed by atoms with Crippen LogP contribution in [-0.4, -0.2) is 40.1 Å². The Morgan fingerprint density at radius 2 is 1.95 bits per heavy atom. The van der Waals surface area contributed by atoms with E-state index < -0.39 is 8.07 Å². The molecule has 0 atom stereocenters. The van der Waals surface area contributed by atoms with Gasteiger partial charge in [-0.1, -0.05) is 13.1 Å². The van der Waals surface area contributed by atoms with Gasteiger partial charge in [0.2, 0.25) is 0 Å². The van der Waals surface area contributed by atoms with Gasteiger partial charge < -0.3 is 4.90 Å². The Morgan fingerprint density at radius 1 is 1.18 bits per heavy atom. The smallest absolute Gasteiger partial charge is 0.118 e. The van der Waals surface area contributed by atoms with Crippen molar-refractivity contribution in [2.24, 2.45) is 9.98 Å². The largest absolute Gasteiger partial charge is 0.378 e. The van der Waals surface area contributed by atoms with Gasteiger partial charge in [-0.05, 0) is 53.7 Å². The normalized spacial score (nSPS) is 20.1. The molecule has 1 heterocycles. The molecular formula is C18H23N3Si. The first-order valence-corrected chi connectivity index (χ1v) is 10.8. The predicted molar refractivity (Wildman–Crippen MR) is 100 cm³/mol. The average molecular weight is 309 g/mol. The van der Waals surface area contributed by atoms with Crippen LogP contribution in [0.5, 0.6) is 0 Å². The molecular weight excluding hydrogens is 286 g/mol. The molecule has 0 spiro atoms. The molecule has 0 aromatic heterocycles. The molecule has 0 radical (unpaired) electrons. The molecule has 1 aliphatic heterocycles. The third-order valence-electron chi connectivity index (χ3n) is 4.40. The lowest BCUT2D eigenvalue weighted by molar-refractivity contribution is 1.13. The van der Waals surface area contributed by atoms with E-state index in [0.717, 1.165) is 23.7 Å². The summed E-state index contributed by atoms with van der Waals surface area (Å²) in [6, 6.07) is 6.63. The number of hydrogen-bond donors (Lipinski definition) is 0. The molecule has 1 aromatic carbocycles. The number of anilines is 1. The van der Waals surface area contributed by atoms with Crippen molar-refractivity contribution in [3.05, 3.63) is 41.6 Å². The molecule has 22 heavy (non-hydrogen) atoms. The van der Waals surface area contributed by atoms with Gasteiger partial charge in [0.05, 0.1) is 17.1 Å². The van der Waals surface area contributed by atoms with Crippen LogP contribution in [0.4, 0.5) is 11.4 Å². The monoisotopic (exact) mass is 309 g/mol. The van der Waals surface area contributed by atoms with E-state index in [1.54, 1.807) is 0 Å². The number of benzene rings is 1. The fourth-order valence-corrected chi connectivity index (χ4v) is 5.94. The summed E-state index contributed by atoms with van der Waals surface area (Å²) < 4.78 is 0. The van der Waals surface area contributed by atoms with Crippen LogP contribution in [0.2, 0.25) is 13.1 Å². The Balaban J connectivity index is 2.18. The highest BCUT2D eigenvalue weighted by Gasteiger charge is 2.37. The van der Waals surface area contributed by atoms with Crippen LogP contribution >= 0.6 is 0 Å². The molecule has 0 fully saturated rings. The van der Waals surface area contributed by atoms with Gasteiger partial charge in [-0.2, -0.15) is 0 Å². The third kappa shape index (κ3) is 2.37. The van der Waals surface area contributed by atoms with Gasteiger partial charge in [0.25, 0.3) is 0 Å². The number of fused-ring (bicyclic) bond motifs is 2. The molecule has 1 aliphatic carbocycles. The van der Waals surface area contributed by atoms with E-state index >= 15 is 0 Å². The second kappa shape index (κ2) is 5.36. The van der Waals surface area contributed by atoms with Gasteiger partial charge in [-0.3, -0.25) is 4.99 Å². The highest BCUT2D eigenvalue weighted by Crippen LogP contribution is 2.32. The second-order valence-electron chi connectivity index (χ2n) is 6.51. The maximum absolute atomic E-state index is 4.88. The highest BCUT2D eigenvalue weighted by atomic mass is 28.3. The van der Waals surface area contributed by atoms with Crippen molar-refractivity contribution in [2.45, 2.75) is 20.0 Å². The Labute approximate surface area is 133 Å². The summed E-state index contributed by atoms with van der Waals surface area (Å²) in [5.41, 5.74) is 4.57. The lowest BCUT2D eigenvalue weighted by Gasteiger charge is -2.34. The van der Waals surface area contributed by atoms with Crippen LogP contribution in [-0.2, 0) is 0 Å². The van der Waals surface area contributed by atoms with Gasteiger partial charge in [0.15, 0.2) is 0 Å². The van der Waals surface area contributed by atoms with Crippen LogP contribution in [0.15, 0.2) is 51.6 Å². The zero-order valence-electron chi connectivity index (χ0n) is 14.0. The van der Waals surface area contributed by atoms with Crippen LogP contribution in [0.3, 0.4) is 0 Å². The topological polar surface area (TPSA) is 28.0 Å². The third-order valence-corrected chi connectivity index (χ3v) is 7.90. The first-order valence-electron chi connectivity index (χ1n) is 7.79. The average Bonchev–Trinajstić information content (AvgIpc) is 2.48. The molecule has 2 aliphatic rings. The minimum absolute atomic E-state index is 0.819. The number of aliphatic imine (C=N–C) groups is 2. The first kappa shape index (κ1) is 15.0. The summed E-state index contributed by atoms with van der Waals surface area (Å²) in [6.07, 6.45) is 6.46. The lowest BCUT2D eigenvalue weighted by Crippen LogP contribution is -2.49. The van der Waals surface area contributed by atoms with Crippen LogP contribution in [0, 0.1) is 0 Å². The summed E-state index contributed by atoms with van der Waals surface area (Å²) in [4.78, 5) is 11.6. The zero-order valence-corrected chi connectivity index (χ0v) is 15.0. The van der Waals surface area contributed by atoms with Crippen LogP contribution < -0.4 is 10.1 Å². The Morgan fingerprint density at radius 3 is 2.64 bits per heavy atom. The van der Waals surface area contributed by atoms with Crippen molar-refractivity contribution in [2.75, 3.05) is 25.5 Å². The molecule has 1 aromatic rings. The van der Waals surface area contributed by atoms with Gasteiger partial charge in [0, 0.05) is 26.3 Å². The molecule has 3 rings (SSSR count). The van der Waals surface area contributed by atoms with E-state index in [1.807, 2.05) is 0 Å². The SMILES string of the molecule is CC/N=C1/C=CC2=Nc3ccc(N(C)C)cc3[Si](C)(C)C2=C1. The summed E-state index contributed by atoms with van der Waals surface area (Å²) in [5.74, 6) is 0. The molecule has 0 N–H and O–H groups in total. The fraction of sp³-hybridized carbons (Fsp3) is 0.333. The van der Waals surface area contributed by atoms with Gasteiger partial charge in [0.1, 0.15) is 8.07 Å². The molecule has 0 unspecified atom stereocenters. The number of rotatable bonds is 2. The van der Waals surface area contributed by atoms with Crippen LogP contribution in [0.25, 0.3) is 0 Å². The Kier molecular flexibility index (Phi) is 3.65. The van der Waals surface area contributed by atoms with Crippen molar-refractivity contribution in [1.82, 2.24) is 0 Å². The first-order chi connectivity index (χ1) is 10.4. The Hall–Kier alpha value is -1.94. The molecule has 3 nitrogen and oxygen atoms in total. The molecule has 0 saturated carbocycles. The van der Waals surface area contributed by atoms with Gasteiger partial charge >= 0.3 is 0 Å². The van der Waals surface area contributed by atoms with E-state index in [2.05, 4.69) is 80.4 Å². The maximum atomic E-state index is 4.88. The lowest BCUT2D eigenvalue weighted by atomic mass is 10.1. The fourth-order valence-electron chi connectivity index (χ4n) is 3.08. The van der Waals surface area contributed by atoms with Crippen molar-refractivity contribution < 1.29 is 0 Å². The quantitative estimate of drug-likeness (QED) is 0.609. The van der Waals surface area contributed by atoms with E-state index in [9.17, 15) is 0 Å². The highest BCUT2D eigenvalue weighted by molar-refractivity contribution is 7.01. The number of hydrogen-bond acceptors (Lipinski definition) is 3. The second-order valence-corrected chi connectivity index (χ2v) is 10.8. The number of allylic oxidation sites excluding steroid dienone is 4. The van der Waals surface area contributed by atoms with Crippen molar-refractivity contribution >= 4 is 36.1 Å². The van der Waals surface area contributed by atoms with Gasteiger partial charge in [-0.25, -0.2) is 4.99 Å². The molecule has 0 bridgehead atoms. The maximum Gasteiger partial charge on any atom is 0.118 e. The Bertz CT molecular complexity index is 737. The van der Waals surface area contributed by atoms with E-state index in [1.165, 1.54) is 16.1 Å².